The molecule has 0 bridgehead atoms. The van der Waals surface area contributed by atoms with Crippen molar-refractivity contribution in [2.24, 2.45) is 0 Å². The van der Waals surface area contributed by atoms with Crippen LogP contribution in [0.3, 0.4) is 0 Å². The number of anilines is 3. The normalized spacial score (nSPS) is 10.7. The van der Waals surface area contributed by atoms with Gasteiger partial charge in [0.2, 0.25) is 6.79 Å². The molecule has 5 aromatic rings. The minimum absolute atomic E-state index is 0.0900. The number of fused-ring (bicyclic) bond motifs is 1. The van der Waals surface area contributed by atoms with Crippen molar-refractivity contribution in [3.8, 4) is 0 Å². The van der Waals surface area contributed by atoms with Crippen LogP contribution in [0, 0.1) is 13.8 Å². The molecule has 1 aromatic carbocycles. The average molecular weight is 613 g/mol. The average Bonchev–Trinajstić information content (AvgIpc) is 3.70. The number of rotatable bonds is 10. The van der Waals surface area contributed by atoms with Crippen LogP contribution >= 0.6 is 0 Å². The van der Waals surface area contributed by atoms with E-state index in [-0.39, 0.29) is 22.9 Å². The van der Waals surface area contributed by atoms with E-state index in [4.69, 9.17) is 14.0 Å². The van der Waals surface area contributed by atoms with Crippen molar-refractivity contribution >= 4 is 46.7 Å². The first-order valence-electron chi connectivity index (χ1n) is 13.8. The van der Waals surface area contributed by atoms with Crippen LogP contribution in [0.25, 0.3) is 5.52 Å². The van der Waals surface area contributed by atoms with E-state index in [9.17, 15) is 19.2 Å². The maximum atomic E-state index is 13.7. The molecule has 0 radical (unpaired) electrons. The molecule has 0 unspecified atom stereocenters. The third-order valence-electron chi connectivity index (χ3n) is 6.65. The molecule has 0 aliphatic rings. The lowest BCUT2D eigenvalue weighted by atomic mass is 10.1. The first-order chi connectivity index (χ1) is 21.8. The summed E-state index contributed by atoms with van der Waals surface area (Å²) in [4.78, 5) is 60.5. The quantitative estimate of drug-likeness (QED) is 0.169. The van der Waals surface area contributed by atoms with E-state index >= 15 is 0 Å². The third kappa shape index (κ3) is 6.61. The number of carbonyl (C=O) groups excluding carboxylic acids is 4. The second-order valence-corrected chi connectivity index (χ2v) is 9.68. The number of ether oxygens (including phenoxy) is 2. The fourth-order valence-corrected chi connectivity index (χ4v) is 4.33. The van der Waals surface area contributed by atoms with E-state index in [2.05, 4.69) is 30.9 Å². The minimum Gasteiger partial charge on any atom is -0.424 e. The van der Waals surface area contributed by atoms with Crippen LogP contribution in [0.15, 0.2) is 72.1 Å². The predicted molar refractivity (Wildman–Crippen MR) is 159 cm³/mol. The van der Waals surface area contributed by atoms with Gasteiger partial charge >= 0.3 is 12.1 Å². The van der Waals surface area contributed by atoms with Gasteiger partial charge in [-0.1, -0.05) is 18.1 Å². The molecule has 15 heteroatoms. The van der Waals surface area contributed by atoms with Gasteiger partial charge < -0.3 is 24.6 Å². The van der Waals surface area contributed by atoms with E-state index in [0.29, 0.717) is 39.6 Å². The smallest absolute Gasteiger partial charge is 0.424 e. The molecule has 5 rings (SSSR count). The first kappa shape index (κ1) is 30.3. The Morgan fingerprint density at radius 2 is 1.91 bits per heavy atom. The Morgan fingerprint density at radius 3 is 2.64 bits per heavy atom. The highest BCUT2D eigenvalue weighted by atomic mass is 16.7. The minimum atomic E-state index is -1.15. The number of hydrogen-bond acceptors (Lipinski definition) is 12. The summed E-state index contributed by atoms with van der Waals surface area (Å²) >= 11 is 0. The summed E-state index contributed by atoms with van der Waals surface area (Å²) < 4.78 is 16.5. The van der Waals surface area contributed by atoms with E-state index in [1.165, 1.54) is 49.2 Å². The van der Waals surface area contributed by atoms with Gasteiger partial charge in [-0.25, -0.2) is 19.1 Å². The molecule has 0 saturated heterocycles. The van der Waals surface area contributed by atoms with Gasteiger partial charge in [-0.3, -0.25) is 14.6 Å². The predicted octanol–water partition coefficient (Wildman–Crippen LogP) is 4.21. The number of aryl methyl sites for hydroxylation is 2. The number of amides is 3. The van der Waals surface area contributed by atoms with Gasteiger partial charge in [0.05, 0.1) is 11.1 Å². The lowest BCUT2D eigenvalue weighted by Crippen LogP contribution is -2.38. The van der Waals surface area contributed by atoms with Crippen molar-refractivity contribution < 1.29 is 33.2 Å². The van der Waals surface area contributed by atoms with Crippen molar-refractivity contribution in [2.75, 3.05) is 23.6 Å². The van der Waals surface area contributed by atoms with Crippen molar-refractivity contribution in [2.45, 2.75) is 27.2 Å². The van der Waals surface area contributed by atoms with Crippen LogP contribution in [0.4, 0.5) is 22.1 Å². The monoisotopic (exact) mass is 612 g/mol. The summed E-state index contributed by atoms with van der Waals surface area (Å²) in [5, 5.41) is 14.0. The van der Waals surface area contributed by atoms with Gasteiger partial charge in [-0.15, -0.1) is 0 Å². The molecule has 4 heterocycles. The molecule has 0 aliphatic heterocycles. The van der Waals surface area contributed by atoms with Gasteiger partial charge in [-0.2, -0.15) is 10.00 Å². The Hall–Kier alpha value is -6.12. The second-order valence-electron chi connectivity index (χ2n) is 9.68. The zero-order chi connectivity index (χ0) is 31.9. The number of aromatic nitrogens is 5. The molecule has 0 spiro atoms. The number of pyridine rings is 1. The molecule has 230 valence electrons. The molecule has 45 heavy (non-hydrogen) atoms. The fraction of sp³-hybridized carbons (Fsp3) is 0.200. The molecule has 2 N–H and O–H groups in total. The van der Waals surface area contributed by atoms with Crippen molar-refractivity contribution in [1.82, 2.24) is 30.1 Å². The second kappa shape index (κ2) is 13.5. The maximum absolute atomic E-state index is 13.7. The lowest BCUT2D eigenvalue weighted by molar-refractivity contribution is -0.000418. The summed E-state index contributed by atoms with van der Waals surface area (Å²) in [6, 6.07) is 9.08. The van der Waals surface area contributed by atoms with Gasteiger partial charge in [0, 0.05) is 42.5 Å². The van der Waals surface area contributed by atoms with Crippen LogP contribution in [0.5, 0.6) is 0 Å². The van der Waals surface area contributed by atoms with Crippen molar-refractivity contribution in [1.29, 1.82) is 0 Å². The highest BCUT2D eigenvalue weighted by Crippen LogP contribution is 2.28. The van der Waals surface area contributed by atoms with E-state index < -0.39 is 24.8 Å². The van der Waals surface area contributed by atoms with E-state index in [0.717, 1.165) is 12.0 Å². The van der Waals surface area contributed by atoms with Gasteiger partial charge in [0.15, 0.2) is 11.6 Å². The zero-order valence-corrected chi connectivity index (χ0v) is 24.5. The van der Waals surface area contributed by atoms with Crippen LogP contribution < -0.4 is 15.5 Å². The summed E-state index contributed by atoms with van der Waals surface area (Å²) in [6.07, 6.45) is 6.59. The van der Waals surface area contributed by atoms with Crippen LogP contribution in [-0.2, 0) is 9.47 Å². The van der Waals surface area contributed by atoms with E-state index in [1.807, 2.05) is 13.8 Å². The Balaban J connectivity index is 1.37. The zero-order valence-electron chi connectivity index (χ0n) is 24.5. The number of esters is 1. The van der Waals surface area contributed by atoms with Crippen LogP contribution in [0.1, 0.15) is 55.5 Å². The molecule has 0 saturated carbocycles. The number of carbonyl (C=O) groups is 4. The summed E-state index contributed by atoms with van der Waals surface area (Å²) in [5.41, 5.74) is 3.20. The highest BCUT2D eigenvalue weighted by molar-refractivity contribution is 6.19. The number of nitrogens with zero attached hydrogens (tertiary/aromatic N) is 6. The molecule has 0 aliphatic carbocycles. The lowest BCUT2D eigenvalue weighted by Gasteiger charge is -2.18. The molecule has 4 aromatic heterocycles. The number of hydrogen-bond donors (Lipinski definition) is 2. The summed E-state index contributed by atoms with van der Waals surface area (Å²) in [6.45, 7) is 5.36. The molecule has 3 amide bonds. The topological polar surface area (TPSA) is 183 Å². The molecule has 0 atom stereocenters. The molecular formula is C30H28N8O7. The first-order valence-corrected chi connectivity index (χ1v) is 13.8. The summed E-state index contributed by atoms with van der Waals surface area (Å²) in [7, 11) is 0. The number of nitrogens with one attached hydrogen (secondary N) is 2. The standard InChI is InChI=1S/C30H28N8O7/c1-4-10-32-27(39)22-15-37-25(19(22)3)26(33-16-34-37)35-23-13-20(8-7-18(23)2)28(40)38(24-9-12-45-36-24)30(42)44-17-43-29(41)21-6-5-11-31-14-21/h5-9,11-16H,4,10,17H2,1-3H3,(H,32,39)(H,33,34,35). The molecular weight excluding hydrogens is 584 g/mol. The van der Waals surface area contributed by atoms with Crippen LogP contribution in [-0.4, -0.2) is 62.0 Å². The maximum Gasteiger partial charge on any atom is 0.425 e. The Morgan fingerprint density at radius 1 is 1.07 bits per heavy atom. The fourth-order valence-electron chi connectivity index (χ4n) is 4.33. The highest BCUT2D eigenvalue weighted by Gasteiger charge is 2.29. The Bertz CT molecular complexity index is 1860. The third-order valence-corrected chi connectivity index (χ3v) is 6.65. The molecule has 0 fully saturated rings. The Kier molecular flexibility index (Phi) is 9.07. The summed E-state index contributed by atoms with van der Waals surface area (Å²) in [5.74, 6) is -1.53. The number of benzene rings is 1. The van der Waals surface area contributed by atoms with Crippen molar-refractivity contribution in [3.05, 3.63) is 95.4 Å². The van der Waals surface area contributed by atoms with Crippen molar-refractivity contribution in [3.63, 3.8) is 0 Å². The SMILES string of the molecule is CCCNC(=O)c1cn2ncnc(Nc3cc(C(=O)N(C(=O)OCOC(=O)c4cccnc4)c4ccon4)ccc3C)c2c1C. The van der Waals surface area contributed by atoms with Crippen LogP contribution in [0.2, 0.25) is 0 Å². The van der Waals surface area contributed by atoms with Gasteiger partial charge in [0.25, 0.3) is 11.8 Å². The number of imide groups is 1. The van der Waals surface area contributed by atoms with Gasteiger partial charge in [-0.05, 0) is 55.7 Å². The Labute approximate surface area is 256 Å². The largest absolute Gasteiger partial charge is 0.425 e. The molecule has 15 nitrogen and oxygen atoms in total. The van der Waals surface area contributed by atoms with E-state index in [1.54, 1.807) is 29.8 Å². The van der Waals surface area contributed by atoms with Gasteiger partial charge in [0.1, 0.15) is 18.1 Å².